The van der Waals surface area contributed by atoms with E-state index in [1.807, 2.05) is 13.8 Å². The van der Waals surface area contributed by atoms with Crippen molar-refractivity contribution in [1.82, 2.24) is 0 Å². The second-order valence-electron chi connectivity index (χ2n) is 7.42. The summed E-state index contributed by atoms with van der Waals surface area (Å²) in [5.41, 5.74) is 3.23. The summed E-state index contributed by atoms with van der Waals surface area (Å²) in [7, 11) is 0. The maximum Gasteiger partial charge on any atom is 0.338 e. The molecule has 27 heavy (non-hydrogen) atoms. The highest BCUT2D eigenvalue weighted by Crippen LogP contribution is 2.57. The number of rotatable bonds is 5. The summed E-state index contributed by atoms with van der Waals surface area (Å²) in [4.78, 5) is 36.5. The standard InChI is InChI=1S/C21H25NO5/c1-4-27-21(26)12-5-7-13(8-6-12)22-19(23)17-14-9-10-15(16(14)11(2)3)18(17)20(24)25/h5-8,14-15,17-18H,4,9-10H2,1-3H3,(H,22,23)(H,24,25)/t14-,15-,17-,18+/m0/s1. The topological polar surface area (TPSA) is 92.7 Å². The molecule has 0 aliphatic heterocycles. The van der Waals surface area contributed by atoms with Gasteiger partial charge in [-0.1, -0.05) is 11.1 Å². The number of carbonyl (C=O) groups is 3. The molecule has 3 rings (SSSR count). The number of hydrogen-bond donors (Lipinski definition) is 2. The second kappa shape index (κ2) is 7.55. The number of aliphatic carboxylic acids is 1. The molecular weight excluding hydrogens is 346 g/mol. The van der Waals surface area contributed by atoms with E-state index in [2.05, 4.69) is 5.32 Å². The van der Waals surface area contributed by atoms with Gasteiger partial charge in [0.2, 0.25) is 5.91 Å². The first kappa shape index (κ1) is 19.1. The zero-order valence-electron chi connectivity index (χ0n) is 15.8. The lowest BCUT2D eigenvalue weighted by Crippen LogP contribution is -2.37. The third kappa shape index (κ3) is 3.48. The Morgan fingerprint density at radius 3 is 2.19 bits per heavy atom. The lowest BCUT2D eigenvalue weighted by Gasteiger charge is -2.26. The molecule has 4 atom stereocenters. The van der Waals surface area contributed by atoms with Gasteiger partial charge in [0.15, 0.2) is 0 Å². The van der Waals surface area contributed by atoms with Gasteiger partial charge < -0.3 is 15.2 Å². The molecule has 0 radical (unpaired) electrons. The summed E-state index contributed by atoms with van der Waals surface area (Å²) in [5.74, 6) is -2.86. The van der Waals surface area contributed by atoms with E-state index >= 15 is 0 Å². The number of carboxylic acids is 1. The van der Waals surface area contributed by atoms with Crippen LogP contribution in [0.1, 0.15) is 44.0 Å². The Bertz CT molecular complexity index is 791. The molecule has 1 aromatic carbocycles. The van der Waals surface area contributed by atoms with Crippen molar-refractivity contribution in [3.63, 3.8) is 0 Å². The Morgan fingerprint density at radius 1 is 1.07 bits per heavy atom. The predicted molar refractivity (Wildman–Crippen MR) is 100 cm³/mol. The van der Waals surface area contributed by atoms with Gasteiger partial charge in [-0.15, -0.1) is 0 Å². The number of fused-ring (bicyclic) bond motifs is 2. The van der Waals surface area contributed by atoms with E-state index in [4.69, 9.17) is 4.74 Å². The maximum atomic E-state index is 12.9. The van der Waals surface area contributed by atoms with E-state index in [0.29, 0.717) is 17.9 Å². The van der Waals surface area contributed by atoms with Crippen molar-refractivity contribution in [3.8, 4) is 0 Å². The number of benzene rings is 1. The molecule has 2 saturated carbocycles. The molecule has 6 nitrogen and oxygen atoms in total. The van der Waals surface area contributed by atoms with Crippen LogP contribution in [0.3, 0.4) is 0 Å². The van der Waals surface area contributed by atoms with Crippen molar-refractivity contribution in [3.05, 3.63) is 41.0 Å². The summed E-state index contributed by atoms with van der Waals surface area (Å²) in [6.07, 6.45) is 1.69. The van der Waals surface area contributed by atoms with Crippen molar-refractivity contribution in [2.24, 2.45) is 23.7 Å². The third-order valence-electron chi connectivity index (χ3n) is 5.67. The molecule has 6 heteroatoms. The van der Waals surface area contributed by atoms with E-state index in [0.717, 1.165) is 24.0 Å². The van der Waals surface area contributed by atoms with Gasteiger partial charge in [-0.05, 0) is 69.7 Å². The van der Waals surface area contributed by atoms with Crippen LogP contribution in [0, 0.1) is 23.7 Å². The molecule has 0 aromatic heterocycles. The van der Waals surface area contributed by atoms with E-state index < -0.39 is 23.8 Å². The quantitative estimate of drug-likeness (QED) is 0.610. The number of ether oxygens (including phenoxy) is 1. The van der Waals surface area contributed by atoms with Crippen molar-refractivity contribution >= 4 is 23.5 Å². The third-order valence-corrected chi connectivity index (χ3v) is 5.67. The summed E-state index contributed by atoms with van der Waals surface area (Å²) < 4.78 is 4.94. The number of hydrogen-bond acceptors (Lipinski definition) is 4. The highest BCUT2D eigenvalue weighted by Gasteiger charge is 2.57. The Kier molecular flexibility index (Phi) is 5.35. The molecule has 1 aromatic rings. The van der Waals surface area contributed by atoms with Gasteiger partial charge in [0.1, 0.15) is 0 Å². The summed E-state index contributed by atoms with van der Waals surface area (Å²) in [5, 5.41) is 12.5. The van der Waals surface area contributed by atoms with E-state index in [1.165, 1.54) is 0 Å². The average molecular weight is 371 g/mol. The van der Waals surface area contributed by atoms with Crippen molar-refractivity contribution in [1.29, 1.82) is 0 Å². The smallest absolute Gasteiger partial charge is 0.338 e. The fourth-order valence-corrected chi connectivity index (χ4v) is 4.73. The van der Waals surface area contributed by atoms with Crippen LogP contribution in [-0.2, 0) is 14.3 Å². The van der Waals surface area contributed by atoms with Gasteiger partial charge >= 0.3 is 11.9 Å². The molecule has 0 saturated heterocycles. The SMILES string of the molecule is CCOC(=O)c1ccc(NC(=O)[C@@H]2[C@H](C(=O)O)[C@H]3CC[C@H]2C3=C(C)C)cc1. The minimum atomic E-state index is -0.904. The molecule has 2 bridgehead atoms. The van der Waals surface area contributed by atoms with Crippen molar-refractivity contribution < 1.29 is 24.2 Å². The Labute approximate surface area is 158 Å². The summed E-state index contributed by atoms with van der Waals surface area (Å²) >= 11 is 0. The molecule has 2 fully saturated rings. The number of nitrogens with one attached hydrogen (secondary N) is 1. The number of allylic oxidation sites excluding steroid dienone is 2. The second-order valence-corrected chi connectivity index (χ2v) is 7.42. The molecule has 0 spiro atoms. The lowest BCUT2D eigenvalue weighted by molar-refractivity contribution is -0.148. The highest BCUT2D eigenvalue weighted by molar-refractivity contribution is 5.97. The summed E-state index contributed by atoms with van der Waals surface area (Å²) in [6.45, 7) is 6.02. The van der Waals surface area contributed by atoms with Crippen LogP contribution in [0.2, 0.25) is 0 Å². The molecular formula is C21H25NO5. The first-order valence-corrected chi connectivity index (χ1v) is 9.33. The summed E-state index contributed by atoms with van der Waals surface area (Å²) in [6, 6.07) is 6.44. The van der Waals surface area contributed by atoms with Gasteiger partial charge in [-0.25, -0.2) is 4.79 Å². The Hall–Kier alpha value is -2.63. The van der Waals surface area contributed by atoms with E-state index in [9.17, 15) is 19.5 Å². The number of carboxylic acid groups (broad SMARTS) is 1. The Morgan fingerprint density at radius 2 is 1.67 bits per heavy atom. The van der Waals surface area contributed by atoms with Gasteiger partial charge in [0.25, 0.3) is 0 Å². The fourth-order valence-electron chi connectivity index (χ4n) is 4.73. The maximum absolute atomic E-state index is 12.9. The molecule has 0 heterocycles. The molecule has 144 valence electrons. The minimum Gasteiger partial charge on any atom is -0.481 e. The lowest BCUT2D eigenvalue weighted by atomic mass is 9.78. The van der Waals surface area contributed by atoms with E-state index in [1.54, 1.807) is 31.2 Å². The minimum absolute atomic E-state index is 0.0000878. The zero-order valence-corrected chi connectivity index (χ0v) is 15.8. The van der Waals surface area contributed by atoms with Crippen LogP contribution in [-0.4, -0.2) is 29.6 Å². The van der Waals surface area contributed by atoms with Crippen LogP contribution >= 0.6 is 0 Å². The van der Waals surface area contributed by atoms with Crippen LogP contribution in [0.5, 0.6) is 0 Å². The van der Waals surface area contributed by atoms with Gasteiger partial charge in [0.05, 0.1) is 24.0 Å². The molecule has 0 unspecified atom stereocenters. The first-order chi connectivity index (χ1) is 12.8. The number of amides is 1. The number of esters is 1. The van der Waals surface area contributed by atoms with Gasteiger partial charge in [0, 0.05) is 5.69 Å². The first-order valence-electron chi connectivity index (χ1n) is 9.33. The highest BCUT2D eigenvalue weighted by atomic mass is 16.5. The van der Waals surface area contributed by atoms with Gasteiger partial charge in [-0.3, -0.25) is 9.59 Å². The van der Waals surface area contributed by atoms with Crippen molar-refractivity contribution in [2.45, 2.75) is 33.6 Å². The molecule has 2 aliphatic rings. The molecule has 2 N–H and O–H groups in total. The van der Waals surface area contributed by atoms with E-state index in [-0.39, 0.29) is 17.7 Å². The monoisotopic (exact) mass is 371 g/mol. The number of anilines is 1. The van der Waals surface area contributed by atoms with Crippen LogP contribution in [0.4, 0.5) is 5.69 Å². The van der Waals surface area contributed by atoms with Crippen LogP contribution in [0.25, 0.3) is 0 Å². The predicted octanol–water partition coefficient (Wildman–Crippen LogP) is 3.50. The zero-order chi connectivity index (χ0) is 19.7. The normalized spacial score (nSPS) is 26.0. The molecule has 1 amide bonds. The van der Waals surface area contributed by atoms with Crippen LogP contribution in [0.15, 0.2) is 35.4 Å². The average Bonchev–Trinajstić information content (AvgIpc) is 3.18. The van der Waals surface area contributed by atoms with Gasteiger partial charge in [-0.2, -0.15) is 0 Å². The van der Waals surface area contributed by atoms with Crippen molar-refractivity contribution in [2.75, 3.05) is 11.9 Å². The largest absolute Gasteiger partial charge is 0.481 e. The molecule has 2 aliphatic carbocycles. The number of carbonyl (C=O) groups excluding carboxylic acids is 2. The fraction of sp³-hybridized carbons (Fsp3) is 0.476. The Balaban J connectivity index is 1.78. The van der Waals surface area contributed by atoms with Crippen LogP contribution < -0.4 is 5.32 Å².